The van der Waals surface area contributed by atoms with E-state index in [1.807, 2.05) is 0 Å². The molecule has 0 aliphatic rings. The Balaban J connectivity index is 1.66. The minimum Gasteiger partial charge on any atom is -0.410 e. The van der Waals surface area contributed by atoms with Gasteiger partial charge in [-0.25, -0.2) is 4.79 Å². The summed E-state index contributed by atoms with van der Waals surface area (Å²) in [6.45, 7) is -0.0863. The summed E-state index contributed by atoms with van der Waals surface area (Å²) in [5.74, 6) is -0.857. The van der Waals surface area contributed by atoms with E-state index in [1.54, 1.807) is 30.3 Å². The van der Waals surface area contributed by atoms with Crippen molar-refractivity contribution in [3.8, 4) is 5.75 Å². The van der Waals surface area contributed by atoms with Crippen LogP contribution < -0.4 is 10.1 Å². The smallest absolute Gasteiger partial charge is 0.410 e. The molecule has 0 unspecified atom stereocenters. The molecule has 0 aliphatic carbocycles. The summed E-state index contributed by atoms with van der Waals surface area (Å²) in [5, 5.41) is 12.8. The van der Waals surface area contributed by atoms with Gasteiger partial charge in [0.05, 0.1) is 6.54 Å². The number of amides is 1. The number of fused-ring (bicyclic) bond motifs is 1. The highest BCUT2D eigenvalue weighted by Crippen LogP contribution is 2.28. The molecule has 3 aromatic rings. The molecule has 0 atom stereocenters. The van der Waals surface area contributed by atoms with Crippen LogP contribution in [-0.2, 0) is 12.7 Å². The average Bonchev–Trinajstić information content (AvgIpc) is 3.04. The fraction of sp³-hybridized carbons (Fsp3) is 0.167. The maximum atomic E-state index is 12.7. The number of alkyl halides is 3. The summed E-state index contributed by atoms with van der Waals surface area (Å²) in [6, 6.07) is 8.35. The van der Waals surface area contributed by atoms with Crippen LogP contribution in [0, 0.1) is 0 Å². The van der Waals surface area contributed by atoms with Crippen molar-refractivity contribution in [2.75, 3.05) is 0 Å². The van der Waals surface area contributed by atoms with E-state index in [2.05, 4.69) is 20.6 Å². The summed E-state index contributed by atoms with van der Waals surface area (Å²) in [6.07, 6.45) is -5.39. The van der Waals surface area contributed by atoms with Gasteiger partial charge in [-0.2, -0.15) is 22.8 Å². The van der Waals surface area contributed by atoms with Crippen molar-refractivity contribution < 1.29 is 22.7 Å². The van der Waals surface area contributed by atoms with E-state index >= 15 is 0 Å². The number of nitrogens with one attached hydrogen (secondary N) is 1. The zero-order chi connectivity index (χ0) is 16.4. The number of ether oxygens (including phenoxy) is 1. The lowest BCUT2D eigenvalue weighted by molar-refractivity contribution is -0.146. The molecule has 2 heterocycles. The van der Waals surface area contributed by atoms with Crippen LogP contribution in [0.15, 0.2) is 30.3 Å². The van der Waals surface area contributed by atoms with Crippen molar-refractivity contribution in [2.24, 2.45) is 0 Å². The zero-order valence-corrected chi connectivity index (χ0v) is 12.1. The number of carbonyl (C=O) groups excluding carboxylic acids is 1. The first kappa shape index (κ1) is 15.2. The lowest BCUT2D eigenvalue weighted by atomic mass is 10.3. The second kappa shape index (κ2) is 5.83. The number of halogens is 3. The minimum absolute atomic E-state index is 0.00875. The quantitative estimate of drug-likeness (QED) is 0.790. The molecule has 120 valence electrons. The second-order valence-corrected chi connectivity index (χ2v) is 5.31. The topological polar surface area (TPSA) is 81.4 Å². The number of carbonyl (C=O) groups is 1. The number of aromatic nitrogens is 4. The first-order valence-electron chi connectivity index (χ1n) is 6.22. The number of rotatable bonds is 3. The van der Waals surface area contributed by atoms with Gasteiger partial charge in [-0.15, -0.1) is 10.2 Å². The third-order valence-corrected chi connectivity index (χ3v) is 3.52. The molecule has 11 heteroatoms. The van der Waals surface area contributed by atoms with Crippen LogP contribution in [0.5, 0.6) is 5.75 Å². The number of hydrogen-bond acceptors (Lipinski definition) is 6. The van der Waals surface area contributed by atoms with E-state index < -0.39 is 18.1 Å². The number of hydrogen-bond donors (Lipinski definition) is 1. The number of benzene rings is 1. The molecule has 0 radical (unpaired) electrons. The van der Waals surface area contributed by atoms with Crippen molar-refractivity contribution in [1.29, 1.82) is 0 Å². The molecule has 2 aromatic heterocycles. The minimum atomic E-state index is -4.65. The highest BCUT2D eigenvalue weighted by Gasteiger charge is 2.38. The van der Waals surface area contributed by atoms with Crippen LogP contribution in [0.4, 0.5) is 18.0 Å². The van der Waals surface area contributed by atoms with Gasteiger partial charge in [0, 0.05) is 0 Å². The number of para-hydroxylation sites is 1. The Kier molecular flexibility index (Phi) is 3.86. The molecule has 1 aromatic carbocycles. The molecule has 3 rings (SSSR count). The van der Waals surface area contributed by atoms with E-state index in [0.29, 0.717) is 10.3 Å². The van der Waals surface area contributed by atoms with Crippen LogP contribution in [0.1, 0.15) is 10.8 Å². The summed E-state index contributed by atoms with van der Waals surface area (Å²) >= 11 is 0.890. The largest absolute Gasteiger partial charge is 0.453 e. The lowest BCUT2D eigenvalue weighted by Crippen LogP contribution is -2.26. The Labute approximate surface area is 130 Å². The molecule has 23 heavy (non-hydrogen) atoms. The summed E-state index contributed by atoms with van der Waals surface area (Å²) in [7, 11) is 0. The second-order valence-electron chi connectivity index (χ2n) is 4.27. The van der Waals surface area contributed by atoms with Gasteiger partial charge >= 0.3 is 12.3 Å². The standard InChI is InChI=1S/C12H8F3N5O2S/c13-12(14,15)9-17-18-10-20(9)19-8(23-10)6-16-11(21)22-7-4-2-1-3-5-7/h1-5H,6H2,(H,16,21). The third kappa shape index (κ3) is 3.39. The van der Waals surface area contributed by atoms with E-state index in [4.69, 9.17) is 4.74 Å². The van der Waals surface area contributed by atoms with Gasteiger partial charge in [-0.05, 0) is 12.1 Å². The predicted octanol–water partition coefficient (Wildman–Crippen LogP) is 2.49. The van der Waals surface area contributed by atoms with Crippen LogP contribution in [0.3, 0.4) is 0 Å². The van der Waals surface area contributed by atoms with Crippen molar-refractivity contribution in [3.63, 3.8) is 0 Å². The molecule has 0 saturated carbocycles. The number of nitrogens with zero attached hydrogens (tertiary/aromatic N) is 4. The van der Waals surface area contributed by atoms with Crippen molar-refractivity contribution in [2.45, 2.75) is 12.7 Å². The van der Waals surface area contributed by atoms with E-state index in [-0.39, 0.29) is 16.5 Å². The van der Waals surface area contributed by atoms with Crippen molar-refractivity contribution in [3.05, 3.63) is 41.2 Å². The summed E-state index contributed by atoms with van der Waals surface area (Å²) < 4.78 is 43.6. The van der Waals surface area contributed by atoms with Gasteiger partial charge < -0.3 is 10.1 Å². The van der Waals surface area contributed by atoms with Gasteiger partial charge in [0.2, 0.25) is 4.96 Å². The normalized spacial score (nSPS) is 11.6. The Bertz CT molecular complexity index is 830. The van der Waals surface area contributed by atoms with Crippen LogP contribution >= 0.6 is 11.3 Å². The maximum Gasteiger partial charge on any atom is 0.453 e. The van der Waals surface area contributed by atoms with E-state index in [9.17, 15) is 18.0 Å². The monoisotopic (exact) mass is 343 g/mol. The first-order valence-corrected chi connectivity index (χ1v) is 7.04. The summed E-state index contributed by atoms with van der Waals surface area (Å²) in [4.78, 5) is 11.6. The molecular formula is C12H8F3N5O2S. The van der Waals surface area contributed by atoms with Gasteiger partial charge in [0.25, 0.3) is 5.82 Å². The Hall–Kier alpha value is -2.69. The highest BCUT2D eigenvalue weighted by molar-refractivity contribution is 7.16. The molecule has 0 spiro atoms. The molecule has 1 amide bonds. The first-order chi connectivity index (χ1) is 10.9. The molecule has 0 aliphatic heterocycles. The Morgan fingerprint density at radius 2 is 2.00 bits per heavy atom. The molecule has 1 N–H and O–H groups in total. The lowest BCUT2D eigenvalue weighted by Gasteiger charge is -2.04. The Morgan fingerprint density at radius 3 is 2.70 bits per heavy atom. The predicted molar refractivity (Wildman–Crippen MR) is 73.0 cm³/mol. The maximum absolute atomic E-state index is 12.7. The molecule has 0 saturated heterocycles. The third-order valence-electron chi connectivity index (χ3n) is 2.62. The fourth-order valence-corrected chi connectivity index (χ4v) is 2.46. The fourth-order valence-electron chi connectivity index (χ4n) is 1.68. The molecule has 7 nitrogen and oxygen atoms in total. The summed E-state index contributed by atoms with van der Waals surface area (Å²) in [5.41, 5.74) is 0. The molecule has 0 bridgehead atoms. The van der Waals surface area contributed by atoms with Crippen LogP contribution in [-0.4, -0.2) is 25.9 Å². The van der Waals surface area contributed by atoms with Gasteiger partial charge in [-0.3, -0.25) is 0 Å². The van der Waals surface area contributed by atoms with Crippen molar-refractivity contribution >= 4 is 22.4 Å². The zero-order valence-electron chi connectivity index (χ0n) is 11.2. The molecule has 0 fully saturated rings. The van der Waals surface area contributed by atoms with Crippen molar-refractivity contribution in [1.82, 2.24) is 25.1 Å². The van der Waals surface area contributed by atoms with Gasteiger partial charge in [0.1, 0.15) is 10.8 Å². The van der Waals surface area contributed by atoms with Crippen LogP contribution in [0.25, 0.3) is 4.96 Å². The van der Waals surface area contributed by atoms with Gasteiger partial charge in [-0.1, -0.05) is 29.5 Å². The van der Waals surface area contributed by atoms with E-state index in [0.717, 1.165) is 11.3 Å². The van der Waals surface area contributed by atoms with Gasteiger partial charge in [0.15, 0.2) is 0 Å². The molecular weight excluding hydrogens is 335 g/mol. The van der Waals surface area contributed by atoms with E-state index in [1.165, 1.54) is 0 Å². The highest BCUT2D eigenvalue weighted by atomic mass is 32.1. The average molecular weight is 343 g/mol. The Morgan fingerprint density at radius 1 is 1.26 bits per heavy atom. The van der Waals surface area contributed by atoms with Crippen LogP contribution in [0.2, 0.25) is 0 Å². The SMILES string of the molecule is O=C(NCc1nn2c(C(F)(F)F)nnc2s1)Oc1ccccc1.